The molecule has 4 amide bonds. The molecule has 0 spiro atoms. The molecular weight excluding hydrogens is 1560 g/mol. The molecule has 7 saturated heterocycles. The number of halogens is 5. The number of carbonyl (C=O) groups is 4. The Morgan fingerprint density at radius 3 is 1.36 bits per heavy atom. The van der Waals surface area contributed by atoms with Gasteiger partial charge < -0.3 is 65.6 Å². The lowest BCUT2D eigenvalue weighted by Gasteiger charge is -2.32. The average Bonchev–Trinajstić information content (AvgIpc) is 1.65. The molecule has 7 fully saturated rings. The molecule has 2 aromatic heterocycles. The summed E-state index contributed by atoms with van der Waals surface area (Å²) in [5.74, 6) is 1.91. The van der Waals surface area contributed by atoms with Crippen LogP contribution in [0.3, 0.4) is 0 Å². The average molecular weight is 1660 g/mol. The van der Waals surface area contributed by atoms with Crippen molar-refractivity contribution in [3.05, 3.63) is 196 Å². The number of piperidine rings is 3. The number of likely N-dealkylation sites (tertiary alicyclic amines) is 2. The summed E-state index contributed by atoms with van der Waals surface area (Å²) in [6.45, 7) is 25.9. The molecule has 0 bridgehead atoms. The van der Waals surface area contributed by atoms with Crippen LogP contribution < -0.4 is 57.9 Å². The molecule has 23 nitrogen and oxygen atoms in total. The van der Waals surface area contributed by atoms with Gasteiger partial charge in [-0.15, -0.1) is 0 Å². The number of hydrogen-bond donors (Lipinski definition) is 6. The lowest BCUT2D eigenvalue weighted by molar-refractivity contribution is -0.122. The van der Waals surface area contributed by atoms with Gasteiger partial charge in [-0.3, -0.25) is 29.0 Å². The Morgan fingerprint density at radius 1 is 0.513 bits per heavy atom. The zero-order valence-corrected chi connectivity index (χ0v) is 68.9. The van der Waals surface area contributed by atoms with Gasteiger partial charge in [0, 0.05) is 61.2 Å². The van der Waals surface area contributed by atoms with Crippen LogP contribution in [0.2, 0.25) is 5.28 Å². The SMILES string of the molecule is C1CCNCC1.CC1(C)OB(c2ccc(Oc3ccc(F)cc3)cc2CBr)OC1(C)C.CC1(C)OB(c2ccc(Oc3ccc(F)cc3)cc2CN2CCCCC2)OC1(C)C.NC(=O)c1cc(CC2CCNC2=O)nc(-c2ccc(Oc3ccc(F)cc3)cc2CN2CCCCC2)n1.NC(=O)c1cc(NC2CCNC2=O)nc(Cl)n1. The van der Waals surface area contributed by atoms with Crippen molar-refractivity contribution in [3.8, 4) is 45.9 Å². The lowest BCUT2D eigenvalue weighted by atomic mass is 9.75. The van der Waals surface area contributed by atoms with Gasteiger partial charge in [-0.05, 0) is 307 Å². The standard InChI is InChI=1S/C28H30FN5O3.C24H31BFNO3.C19H21BBrFO3.C9H10ClN5O2.C5H11N/c29-20-4-6-22(7-5-20)37-23-8-9-24(19(15-23)17-34-12-2-1-3-13-34)27-32-21(16-25(33-27)26(30)35)14-18-10-11-31-28(18)36;1-23(2)24(3,4)30-25(29-23)22-13-12-21(28-20-10-8-19(26)9-11-20)16-18(22)17-27-14-6-5-7-15-27;1-18(2)19(3,4)25-20(24-18)17-10-9-16(11-13(17)12-21)23-15-7-5-14(22)6-8-15;10-9-14-5(7(11)16)3-6(15-9)13-4-1-2-12-8(4)17;1-2-4-6-5-3-1/h4-9,15-16,18H,1-3,10-14,17H2,(H2,30,35)(H,31,36);8-13,16H,5-7,14-15,17H2,1-4H3;5-11H,12H2,1-4H3;3-4H,1-2H2,(H2,11,16)(H,12,17)(H,13,14,15);6H,1-5H2. The number of hydrogen-bond acceptors (Lipinski definition) is 19. The Morgan fingerprint density at radius 2 is 0.930 bits per heavy atom. The summed E-state index contributed by atoms with van der Waals surface area (Å²) >= 11 is 9.17. The van der Waals surface area contributed by atoms with Gasteiger partial charge in [-0.25, -0.2) is 33.1 Å². The maximum absolute atomic E-state index is 13.3. The predicted octanol–water partition coefficient (Wildman–Crippen LogP) is 13.8. The first-order valence-electron chi connectivity index (χ1n) is 39.4. The van der Waals surface area contributed by atoms with Crippen LogP contribution in [0.15, 0.2) is 140 Å². The fraction of sp³-hybridized carbons (Fsp3) is 0.435. The molecule has 30 heteroatoms. The molecule has 0 radical (unpaired) electrons. The molecule has 8 N–H and O–H groups in total. The smallest absolute Gasteiger partial charge is 0.457 e. The molecule has 115 heavy (non-hydrogen) atoms. The quantitative estimate of drug-likeness (QED) is 0.0235. The Balaban J connectivity index is 0.000000151. The first kappa shape index (κ1) is 86.8. The number of nitrogens with one attached hydrogen (secondary N) is 4. The van der Waals surface area contributed by atoms with Crippen LogP contribution in [0, 0.1) is 23.4 Å². The lowest BCUT2D eigenvalue weighted by Crippen LogP contribution is -2.41. The van der Waals surface area contributed by atoms with E-state index in [1.54, 1.807) is 42.5 Å². The summed E-state index contributed by atoms with van der Waals surface area (Å²) < 4.78 is 82.3. The molecule has 0 aliphatic carbocycles. The number of nitrogens with two attached hydrogens (primary N) is 2. The van der Waals surface area contributed by atoms with Crippen molar-refractivity contribution in [1.82, 2.24) is 45.7 Å². The first-order valence-corrected chi connectivity index (χ1v) is 40.9. The van der Waals surface area contributed by atoms with E-state index in [1.807, 2.05) is 76.2 Å². The van der Waals surface area contributed by atoms with Crippen LogP contribution in [-0.4, -0.2) is 148 Å². The van der Waals surface area contributed by atoms with Crippen LogP contribution >= 0.6 is 27.5 Å². The van der Waals surface area contributed by atoms with Crippen molar-refractivity contribution in [2.75, 3.05) is 57.7 Å². The zero-order chi connectivity index (χ0) is 82.0. The number of benzene rings is 6. The highest BCUT2D eigenvalue weighted by Gasteiger charge is 2.53. The molecule has 7 aliphatic heterocycles. The number of alkyl halides is 1. The van der Waals surface area contributed by atoms with E-state index in [0.717, 1.165) is 90.9 Å². The van der Waals surface area contributed by atoms with Crippen molar-refractivity contribution >= 4 is 82.1 Å². The highest BCUT2D eigenvalue weighted by molar-refractivity contribution is 9.08. The fourth-order valence-corrected chi connectivity index (χ4v) is 14.5. The number of ether oxygens (including phenoxy) is 3. The Bertz CT molecular complexity index is 4600. The first-order chi connectivity index (χ1) is 54.9. The third-order valence-corrected chi connectivity index (χ3v) is 22.5. The number of nitrogens with zero attached hydrogens (tertiary/aromatic N) is 6. The van der Waals surface area contributed by atoms with E-state index in [-0.39, 0.29) is 80.3 Å². The second-order valence-corrected chi connectivity index (χ2v) is 32.4. The van der Waals surface area contributed by atoms with Gasteiger partial charge in [0.2, 0.25) is 17.1 Å². The predicted molar refractivity (Wildman–Crippen MR) is 443 cm³/mol. The summed E-state index contributed by atoms with van der Waals surface area (Å²) in [5.41, 5.74) is 15.8. The third kappa shape index (κ3) is 24.3. The second-order valence-electron chi connectivity index (χ2n) is 31.5. The van der Waals surface area contributed by atoms with Gasteiger partial charge in [-0.2, -0.15) is 0 Å². The van der Waals surface area contributed by atoms with Crippen molar-refractivity contribution < 1.29 is 65.2 Å². The van der Waals surface area contributed by atoms with E-state index < -0.39 is 26.1 Å². The monoisotopic (exact) mass is 1660 g/mol. The molecular formula is C85H103B2BrClF3N12O11. The van der Waals surface area contributed by atoms with E-state index in [1.165, 1.54) is 100 Å². The second kappa shape index (κ2) is 39.7. The van der Waals surface area contributed by atoms with E-state index in [2.05, 4.69) is 95.7 Å². The van der Waals surface area contributed by atoms with Crippen LogP contribution in [0.5, 0.6) is 34.5 Å². The van der Waals surface area contributed by atoms with Crippen molar-refractivity contribution in [1.29, 1.82) is 0 Å². The van der Waals surface area contributed by atoms with Crippen LogP contribution in [0.4, 0.5) is 19.0 Å². The molecule has 610 valence electrons. The molecule has 9 heterocycles. The van der Waals surface area contributed by atoms with Gasteiger partial charge in [0.15, 0.2) is 5.82 Å². The molecule has 8 aromatic rings. The maximum atomic E-state index is 13.3. The molecule has 6 aromatic carbocycles. The van der Waals surface area contributed by atoms with E-state index in [4.69, 9.17) is 60.9 Å². The van der Waals surface area contributed by atoms with Gasteiger partial charge in [0.1, 0.15) is 75.2 Å². The summed E-state index contributed by atoms with van der Waals surface area (Å²) in [7, 11) is -0.827. The Hall–Kier alpha value is -9.03. The Kier molecular flexibility index (Phi) is 30.0. The van der Waals surface area contributed by atoms with Gasteiger partial charge in [0.05, 0.1) is 22.4 Å². The van der Waals surface area contributed by atoms with Crippen molar-refractivity contribution in [3.63, 3.8) is 0 Å². The number of amides is 4. The Labute approximate surface area is 685 Å². The zero-order valence-electron chi connectivity index (χ0n) is 66.6. The molecule has 0 saturated carbocycles. The summed E-state index contributed by atoms with van der Waals surface area (Å²) in [6, 6.07) is 37.9. The maximum Gasteiger partial charge on any atom is 0.495 e. The normalized spacial score (nSPS) is 19.3. The molecule has 2 unspecified atom stereocenters. The van der Waals surface area contributed by atoms with Crippen LogP contribution in [0.25, 0.3) is 11.4 Å². The summed E-state index contributed by atoms with van der Waals surface area (Å²) in [5, 5.41) is 12.2. The van der Waals surface area contributed by atoms with E-state index in [9.17, 15) is 32.3 Å². The number of primary amides is 2. The summed E-state index contributed by atoms with van der Waals surface area (Å²) in [4.78, 5) is 68.2. The topological polar surface area (TPSA) is 291 Å². The highest BCUT2D eigenvalue weighted by atomic mass is 79.9. The largest absolute Gasteiger partial charge is 0.495 e. The van der Waals surface area contributed by atoms with Crippen molar-refractivity contribution in [2.45, 2.75) is 179 Å². The third-order valence-electron chi connectivity index (χ3n) is 21.7. The fourth-order valence-electron chi connectivity index (χ4n) is 13.8. The van der Waals surface area contributed by atoms with Gasteiger partial charge in [0.25, 0.3) is 11.8 Å². The molecule has 2 atom stereocenters. The van der Waals surface area contributed by atoms with Gasteiger partial charge in [-0.1, -0.05) is 47.3 Å². The van der Waals surface area contributed by atoms with Gasteiger partial charge >= 0.3 is 14.2 Å². The van der Waals surface area contributed by atoms with Crippen LogP contribution in [0.1, 0.15) is 169 Å². The molecule has 15 rings (SSSR count). The van der Waals surface area contributed by atoms with Crippen LogP contribution in [-0.2, 0) is 53.0 Å². The van der Waals surface area contributed by atoms with E-state index >= 15 is 0 Å². The minimum absolute atomic E-state index is 0.00547. The number of carbonyl (C=O) groups excluding carboxylic acids is 4. The minimum Gasteiger partial charge on any atom is -0.457 e. The highest BCUT2D eigenvalue weighted by Crippen LogP contribution is 2.40. The number of anilines is 1. The van der Waals surface area contributed by atoms with E-state index in [0.29, 0.717) is 83.9 Å². The summed E-state index contributed by atoms with van der Waals surface area (Å²) in [6.07, 6.45) is 13.3. The minimum atomic E-state index is -0.701. The number of rotatable bonds is 20. The molecule has 7 aliphatic rings. The number of aromatic nitrogens is 4. The van der Waals surface area contributed by atoms with Crippen molar-refractivity contribution in [2.24, 2.45) is 17.4 Å².